The standard InChI is InChI=1S/C18H27N5OS/c1-15(2)17-19-5-6-22(17)10-7-21-8-11-23(12-9-21)18(24)20-14-16-4-3-13-25-16/h3-6,13,15H,7-12,14H2,1-2H3,(H,20,24). The summed E-state index contributed by atoms with van der Waals surface area (Å²) in [6.07, 6.45) is 3.94. The Morgan fingerprint density at radius 3 is 2.76 bits per heavy atom. The Bertz CT molecular complexity index is 659. The van der Waals surface area contributed by atoms with Crippen molar-refractivity contribution in [2.75, 3.05) is 32.7 Å². The monoisotopic (exact) mass is 361 g/mol. The Morgan fingerprint density at radius 1 is 1.28 bits per heavy atom. The van der Waals surface area contributed by atoms with Crippen molar-refractivity contribution in [3.8, 4) is 0 Å². The second-order valence-electron chi connectivity index (χ2n) is 6.70. The van der Waals surface area contributed by atoms with Crippen LogP contribution in [-0.2, 0) is 13.1 Å². The smallest absolute Gasteiger partial charge is 0.317 e. The summed E-state index contributed by atoms with van der Waals surface area (Å²) in [5.74, 6) is 1.59. The van der Waals surface area contributed by atoms with Gasteiger partial charge in [-0.2, -0.15) is 0 Å². The van der Waals surface area contributed by atoms with Crippen molar-refractivity contribution in [1.29, 1.82) is 0 Å². The van der Waals surface area contributed by atoms with E-state index in [4.69, 9.17) is 0 Å². The Hall–Kier alpha value is -1.86. The number of rotatable bonds is 6. The summed E-state index contributed by atoms with van der Waals surface area (Å²) in [6.45, 7) is 10.4. The fraction of sp³-hybridized carbons (Fsp3) is 0.556. The lowest BCUT2D eigenvalue weighted by Crippen LogP contribution is -2.52. The third-order valence-corrected chi connectivity index (χ3v) is 5.45. The van der Waals surface area contributed by atoms with Gasteiger partial charge in [0.05, 0.1) is 6.54 Å². The molecule has 0 radical (unpaired) electrons. The maximum Gasteiger partial charge on any atom is 0.317 e. The molecule has 2 aromatic heterocycles. The number of aromatic nitrogens is 2. The number of hydrogen-bond donors (Lipinski definition) is 1. The van der Waals surface area contributed by atoms with Gasteiger partial charge in [0.25, 0.3) is 0 Å². The van der Waals surface area contributed by atoms with Crippen molar-refractivity contribution in [2.45, 2.75) is 32.9 Å². The maximum absolute atomic E-state index is 12.3. The van der Waals surface area contributed by atoms with E-state index in [0.717, 1.165) is 45.1 Å². The molecule has 25 heavy (non-hydrogen) atoms. The molecule has 7 heteroatoms. The Morgan fingerprint density at radius 2 is 2.08 bits per heavy atom. The van der Waals surface area contributed by atoms with Crippen LogP contribution in [-0.4, -0.2) is 58.1 Å². The van der Waals surface area contributed by atoms with E-state index in [1.807, 2.05) is 28.6 Å². The first-order chi connectivity index (χ1) is 12.1. The summed E-state index contributed by atoms with van der Waals surface area (Å²) >= 11 is 1.67. The van der Waals surface area contributed by atoms with Crippen LogP contribution in [0.15, 0.2) is 29.9 Å². The highest BCUT2D eigenvalue weighted by molar-refractivity contribution is 7.09. The summed E-state index contributed by atoms with van der Waals surface area (Å²) < 4.78 is 2.24. The molecule has 0 bridgehead atoms. The number of piperazine rings is 1. The molecule has 1 saturated heterocycles. The minimum absolute atomic E-state index is 0.0461. The van der Waals surface area contributed by atoms with Gasteiger partial charge in [-0.3, -0.25) is 4.90 Å². The molecule has 0 aromatic carbocycles. The number of amides is 2. The number of thiophene rings is 1. The molecule has 0 atom stereocenters. The highest BCUT2D eigenvalue weighted by Crippen LogP contribution is 2.12. The minimum Gasteiger partial charge on any atom is -0.333 e. The average molecular weight is 362 g/mol. The zero-order valence-electron chi connectivity index (χ0n) is 15.0. The van der Waals surface area contributed by atoms with Crippen molar-refractivity contribution in [3.63, 3.8) is 0 Å². The van der Waals surface area contributed by atoms with Crippen LogP contribution in [0, 0.1) is 0 Å². The zero-order chi connectivity index (χ0) is 17.6. The third kappa shape index (κ3) is 4.83. The van der Waals surface area contributed by atoms with Gasteiger partial charge in [0.1, 0.15) is 5.82 Å². The highest BCUT2D eigenvalue weighted by atomic mass is 32.1. The molecule has 1 aliphatic rings. The molecule has 6 nitrogen and oxygen atoms in total. The van der Waals surface area contributed by atoms with Crippen LogP contribution in [0.25, 0.3) is 0 Å². The number of hydrogen-bond acceptors (Lipinski definition) is 4. The first kappa shape index (κ1) is 17.9. The molecule has 3 rings (SSSR count). The van der Waals surface area contributed by atoms with Gasteiger partial charge >= 0.3 is 6.03 Å². The van der Waals surface area contributed by atoms with E-state index in [9.17, 15) is 4.79 Å². The van der Waals surface area contributed by atoms with Crippen LogP contribution < -0.4 is 5.32 Å². The molecule has 2 aromatic rings. The molecule has 0 aliphatic carbocycles. The molecule has 1 fully saturated rings. The first-order valence-corrected chi connectivity index (χ1v) is 9.80. The van der Waals surface area contributed by atoms with Crippen molar-refractivity contribution in [3.05, 3.63) is 40.6 Å². The number of urea groups is 1. The molecular formula is C18H27N5OS. The molecule has 2 amide bonds. The first-order valence-electron chi connectivity index (χ1n) is 8.92. The fourth-order valence-corrected chi connectivity index (χ4v) is 3.77. The van der Waals surface area contributed by atoms with Gasteiger partial charge in [-0.1, -0.05) is 19.9 Å². The predicted molar refractivity (Wildman–Crippen MR) is 101 cm³/mol. The second-order valence-corrected chi connectivity index (χ2v) is 7.73. The van der Waals surface area contributed by atoms with Gasteiger partial charge in [-0.25, -0.2) is 9.78 Å². The summed E-state index contributed by atoms with van der Waals surface area (Å²) in [4.78, 5) is 22.2. The van der Waals surface area contributed by atoms with Gasteiger partial charge in [0, 0.05) is 62.5 Å². The van der Waals surface area contributed by atoms with Crippen LogP contribution in [0.3, 0.4) is 0 Å². The Kier molecular flexibility index (Phi) is 6.09. The molecule has 1 N–H and O–H groups in total. The van der Waals surface area contributed by atoms with Crippen LogP contribution in [0.4, 0.5) is 4.79 Å². The summed E-state index contributed by atoms with van der Waals surface area (Å²) in [5.41, 5.74) is 0. The number of carbonyl (C=O) groups excluding carboxylic acids is 1. The molecule has 1 aliphatic heterocycles. The van der Waals surface area contributed by atoms with Crippen LogP contribution in [0.1, 0.15) is 30.5 Å². The van der Waals surface area contributed by atoms with E-state index < -0.39 is 0 Å². The van der Waals surface area contributed by atoms with Gasteiger partial charge in [0.15, 0.2) is 0 Å². The fourth-order valence-electron chi connectivity index (χ4n) is 3.12. The Labute approximate surface area is 153 Å². The number of carbonyl (C=O) groups is 1. The van der Waals surface area contributed by atoms with E-state index >= 15 is 0 Å². The number of nitrogens with zero attached hydrogens (tertiary/aromatic N) is 4. The van der Waals surface area contributed by atoms with E-state index in [2.05, 4.69) is 39.8 Å². The van der Waals surface area contributed by atoms with Crippen LogP contribution in [0.5, 0.6) is 0 Å². The van der Waals surface area contributed by atoms with Gasteiger partial charge in [-0.05, 0) is 11.4 Å². The SMILES string of the molecule is CC(C)c1nccn1CCN1CCN(C(=O)NCc2cccs2)CC1. The normalized spacial score (nSPS) is 15.7. The molecule has 3 heterocycles. The zero-order valence-corrected chi connectivity index (χ0v) is 15.8. The van der Waals surface area contributed by atoms with Crippen molar-refractivity contribution >= 4 is 17.4 Å². The average Bonchev–Trinajstić information content (AvgIpc) is 3.29. The highest BCUT2D eigenvalue weighted by Gasteiger charge is 2.21. The second kappa shape index (κ2) is 8.49. The lowest BCUT2D eigenvalue weighted by Gasteiger charge is -2.34. The third-order valence-electron chi connectivity index (χ3n) is 4.57. The predicted octanol–water partition coefficient (Wildman–Crippen LogP) is 2.60. The van der Waals surface area contributed by atoms with Crippen LogP contribution >= 0.6 is 11.3 Å². The van der Waals surface area contributed by atoms with E-state index in [0.29, 0.717) is 12.5 Å². The van der Waals surface area contributed by atoms with Gasteiger partial charge < -0.3 is 14.8 Å². The van der Waals surface area contributed by atoms with E-state index in [1.165, 1.54) is 4.88 Å². The molecule has 0 spiro atoms. The lowest BCUT2D eigenvalue weighted by atomic mass is 10.2. The minimum atomic E-state index is 0.0461. The summed E-state index contributed by atoms with van der Waals surface area (Å²) in [5, 5.41) is 5.04. The van der Waals surface area contributed by atoms with Crippen LogP contribution in [0.2, 0.25) is 0 Å². The van der Waals surface area contributed by atoms with Crippen molar-refractivity contribution in [2.24, 2.45) is 0 Å². The largest absolute Gasteiger partial charge is 0.333 e. The molecule has 0 unspecified atom stereocenters. The molecule has 136 valence electrons. The molecular weight excluding hydrogens is 334 g/mol. The van der Waals surface area contributed by atoms with Gasteiger partial charge in [0.2, 0.25) is 0 Å². The van der Waals surface area contributed by atoms with Crippen molar-refractivity contribution < 1.29 is 4.79 Å². The lowest BCUT2D eigenvalue weighted by molar-refractivity contribution is 0.136. The quantitative estimate of drug-likeness (QED) is 0.860. The number of imidazole rings is 1. The summed E-state index contributed by atoms with van der Waals surface area (Å²) in [7, 11) is 0. The molecule has 0 saturated carbocycles. The topological polar surface area (TPSA) is 53.4 Å². The summed E-state index contributed by atoms with van der Waals surface area (Å²) in [6, 6.07) is 4.10. The van der Waals surface area contributed by atoms with E-state index in [-0.39, 0.29) is 6.03 Å². The van der Waals surface area contributed by atoms with Crippen molar-refractivity contribution in [1.82, 2.24) is 24.7 Å². The number of nitrogens with one attached hydrogen (secondary N) is 1. The maximum atomic E-state index is 12.3. The Balaban J connectivity index is 1.39. The van der Waals surface area contributed by atoms with E-state index in [1.54, 1.807) is 11.3 Å². The van der Waals surface area contributed by atoms with Gasteiger partial charge in [-0.15, -0.1) is 11.3 Å².